The molecule has 2 aromatic rings. The normalized spacial score (nSPS) is 23.8. The van der Waals surface area contributed by atoms with Gasteiger partial charge < -0.3 is 9.88 Å². The Hall–Kier alpha value is -1.77. The van der Waals surface area contributed by atoms with Gasteiger partial charge in [-0.1, -0.05) is 32.0 Å². The molecule has 19 heavy (non-hydrogen) atoms. The van der Waals surface area contributed by atoms with Gasteiger partial charge in [-0.3, -0.25) is 4.79 Å². The topological polar surface area (TPSA) is 36.1 Å². The van der Waals surface area contributed by atoms with Gasteiger partial charge in [0, 0.05) is 30.2 Å². The first kappa shape index (κ1) is 12.3. The molecule has 1 aromatic heterocycles. The monoisotopic (exact) mass is 256 g/mol. The number of H-pyrrole nitrogens is 1. The zero-order valence-electron chi connectivity index (χ0n) is 11.5. The first-order chi connectivity index (χ1) is 9.16. The lowest BCUT2D eigenvalue weighted by atomic mass is 9.88. The number of benzene rings is 1. The molecule has 0 spiro atoms. The van der Waals surface area contributed by atoms with Crippen molar-refractivity contribution >= 4 is 16.8 Å². The maximum atomic E-state index is 12.6. The summed E-state index contributed by atoms with van der Waals surface area (Å²) in [4.78, 5) is 17.8. The first-order valence-corrected chi connectivity index (χ1v) is 7.02. The zero-order valence-corrected chi connectivity index (χ0v) is 11.5. The number of carbonyl (C=O) groups is 1. The number of fused-ring (bicyclic) bond motifs is 1. The lowest BCUT2D eigenvalue weighted by Crippen LogP contribution is -2.42. The summed E-state index contributed by atoms with van der Waals surface area (Å²) >= 11 is 0. The summed E-state index contributed by atoms with van der Waals surface area (Å²) in [6.45, 7) is 6.26. The predicted octanol–water partition coefficient (Wildman–Crippen LogP) is 3.29. The van der Waals surface area contributed by atoms with E-state index >= 15 is 0 Å². The lowest BCUT2D eigenvalue weighted by Gasteiger charge is -2.35. The van der Waals surface area contributed by atoms with Crippen molar-refractivity contribution in [3.63, 3.8) is 0 Å². The van der Waals surface area contributed by atoms with Gasteiger partial charge >= 0.3 is 0 Å². The van der Waals surface area contributed by atoms with E-state index in [0.717, 1.165) is 36.0 Å². The molecule has 1 fully saturated rings. The van der Waals surface area contributed by atoms with Crippen LogP contribution in [0.25, 0.3) is 10.9 Å². The molecule has 2 heterocycles. The average Bonchev–Trinajstić information content (AvgIpc) is 2.85. The standard InChI is InChI=1S/C16H20N2O/c1-11-7-8-18(10-12(11)2)16(19)14-9-17-15-6-4-3-5-13(14)15/h3-6,9,11-12,17H,7-8,10H2,1-2H3. The third-order valence-corrected chi connectivity index (χ3v) is 4.44. The van der Waals surface area contributed by atoms with Crippen LogP contribution in [-0.4, -0.2) is 28.9 Å². The number of aromatic amines is 1. The van der Waals surface area contributed by atoms with Gasteiger partial charge in [-0.05, 0) is 24.3 Å². The minimum atomic E-state index is 0.163. The summed E-state index contributed by atoms with van der Waals surface area (Å²) in [5.41, 5.74) is 1.83. The van der Waals surface area contributed by atoms with Gasteiger partial charge in [0.2, 0.25) is 0 Å². The van der Waals surface area contributed by atoms with E-state index in [9.17, 15) is 4.79 Å². The van der Waals surface area contributed by atoms with Crippen LogP contribution in [0.3, 0.4) is 0 Å². The third-order valence-electron chi connectivity index (χ3n) is 4.44. The number of amides is 1. The number of nitrogens with zero attached hydrogens (tertiary/aromatic N) is 1. The molecule has 3 rings (SSSR count). The maximum absolute atomic E-state index is 12.6. The van der Waals surface area contributed by atoms with Gasteiger partial charge in [0.05, 0.1) is 5.56 Å². The number of carbonyl (C=O) groups excluding carboxylic acids is 1. The fourth-order valence-corrected chi connectivity index (χ4v) is 2.87. The molecule has 3 nitrogen and oxygen atoms in total. The van der Waals surface area contributed by atoms with Gasteiger partial charge in [-0.2, -0.15) is 0 Å². The van der Waals surface area contributed by atoms with Crippen LogP contribution in [0.2, 0.25) is 0 Å². The number of likely N-dealkylation sites (tertiary alicyclic amines) is 1. The quantitative estimate of drug-likeness (QED) is 0.835. The second-order valence-electron chi connectivity index (χ2n) is 5.74. The summed E-state index contributed by atoms with van der Waals surface area (Å²) in [5.74, 6) is 1.46. The van der Waals surface area contributed by atoms with E-state index in [2.05, 4.69) is 18.8 Å². The molecule has 0 saturated carbocycles. The molecule has 0 aliphatic carbocycles. The zero-order chi connectivity index (χ0) is 13.4. The summed E-state index contributed by atoms with van der Waals surface area (Å²) < 4.78 is 0. The number of nitrogens with one attached hydrogen (secondary N) is 1. The Morgan fingerprint density at radius 3 is 2.84 bits per heavy atom. The Morgan fingerprint density at radius 2 is 2.05 bits per heavy atom. The van der Waals surface area contributed by atoms with Crippen molar-refractivity contribution in [2.24, 2.45) is 11.8 Å². The van der Waals surface area contributed by atoms with Crippen LogP contribution >= 0.6 is 0 Å². The first-order valence-electron chi connectivity index (χ1n) is 7.02. The van der Waals surface area contributed by atoms with E-state index in [1.54, 1.807) is 0 Å². The lowest BCUT2D eigenvalue weighted by molar-refractivity contribution is 0.0629. The Morgan fingerprint density at radius 1 is 1.26 bits per heavy atom. The number of hydrogen-bond acceptors (Lipinski definition) is 1. The van der Waals surface area contributed by atoms with Gasteiger partial charge in [0.25, 0.3) is 5.91 Å². The summed E-state index contributed by atoms with van der Waals surface area (Å²) in [7, 11) is 0. The Labute approximate surface area is 113 Å². The highest BCUT2D eigenvalue weighted by molar-refractivity contribution is 6.06. The molecule has 0 radical (unpaired) electrons. The molecule has 100 valence electrons. The molecule has 1 aliphatic heterocycles. The summed E-state index contributed by atoms with van der Waals surface area (Å²) in [5, 5.41) is 1.03. The minimum absolute atomic E-state index is 0.163. The molecule has 1 aliphatic rings. The van der Waals surface area contributed by atoms with Crippen molar-refractivity contribution in [2.75, 3.05) is 13.1 Å². The van der Waals surface area contributed by atoms with E-state index in [0.29, 0.717) is 11.8 Å². The molecule has 3 heteroatoms. The number of hydrogen-bond donors (Lipinski definition) is 1. The van der Waals surface area contributed by atoms with Crippen LogP contribution in [-0.2, 0) is 0 Å². The van der Waals surface area contributed by atoms with Gasteiger partial charge in [-0.15, -0.1) is 0 Å². The SMILES string of the molecule is CC1CCN(C(=O)c2c[nH]c3ccccc23)CC1C. The Bertz CT molecular complexity index is 602. The average molecular weight is 256 g/mol. The molecule has 1 amide bonds. The maximum Gasteiger partial charge on any atom is 0.256 e. The van der Waals surface area contributed by atoms with E-state index in [4.69, 9.17) is 0 Å². The molecule has 1 aromatic carbocycles. The van der Waals surface area contributed by atoms with Crippen molar-refractivity contribution < 1.29 is 4.79 Å². The van der Waals surface area contributed by atoms with E-state index in [1.807, 2.05) is 35.4 Å². The summed E-state index contributed by atoms with van der Waals surface area (Å²) in [6.07, 6.45) is 2.95. The Kier molecular flexibility index (Phi) is 3.05. The van der Waals surface area contributed by atoms with Crippen molar-refractivity contribution in [1.29, 1.82) is 0 Å². The second-order valence-corrected chi connectivity index (χ2v) is 5.74. The van der Waals surface area contributed by atoms with Gasteiger partial charge in [0.1, 0.15) is 0 Å². The molecular formula is C16H20N2O. The highest BCUT2D eigenvalue weighted by Crippen LogP contribution is 2.25. The predicted molar refractivity (Wildman–Crippen MR) is 77.1 cm³/mol. The second kappa shape index (κ2) is 4.72. The van der Waals surface area contributed by atoms with Crippen LogP contribution < -0.4 is 0 Å². The smallest absolute Gasteiger partial charge is 0.256 e. The van der Waals surface area contributed by atoms with Crippen LogP contribution in [0.1, 0.15) is 30.6 Å². The van der Waals surface area contributed by atoms with Crippen LogP contribution in [0.15, 0.2) is 30.5 Å². The molecular weight excluding hydrogens is 236 g/mol. The van der Waals surface area contributed by atoms with Crippen LogP contribution in [0, 0.1) is 11.8 Å². The fraction of sp³-hybridized carbons (Fsp3) is 0.438. The van der Waals surface area contributed by atoms with Crippen molar-refractivity contribution in [3.8, 4) is 0 Å². The fourth-order valence-electron chi connectivity index (χ4n) is 2.87. The van der Waals surface area contributed by atoms with E-state index in [1.165, 1.54) is 0 Å². The van der Waals surface area contributed by atoms with Crippen molar-refractivity contribution in [1.82, 2.24) is 9.88 Å². The van der Waals surface area contributed by atoms with Crippen molar-refractivity contribution in [2.45, 2.75) is 20.3 Å². The van der Waals surface area contributed by atoms with Gasteiger partial charge in [0.15, 0.2) is 0 Å². The van der Waals surface area contributed by atoms with Crippen molar-refractivity contribution in [3.05, 3.63) is 36.0 Å². The number of piperidine rings is 1. The Balaban J connectivity index is 1.88. The largest absolute Gasteiger partial charge is 0.360 e. The van der Waals surface area contributed by atoms with Crippen LogP contribution in [0.4, 0.5) is 0 Å². The highest BCUT2D eigenvalue weighted by atomic mass is 16.2. The molecule has 1 saturated heterocycles. The third kappa shape index (κ3) is 2.14. The molecule has 1 N–H and O–H groups in total. The number of rotatable bonds is 1. The number of para-hydroxylation sites is 1. The van der Waals surface area contributed by atoms with E-state index < -0.39 is 0 Å². The van der Waals surface area contributed by atoms with Crippen LogP contribution in [0.5, 0.6) is 0 Å². The van der Waals surface area contributed by atoms with E-state index in [-0.39, 0.29) is 5.91 Å². The molecule has 0 bridgehead atoms. The number of aromatic nitrogens is 1. The minimum Gasteiger partial charge on any atom is -0.360 e. The molecule has 2 atom stereocenters. The highest BCUT2D eigenvalue weighted by Gasteiger charge is 2.27. The van der Waals surface area contributed by atoms with Gasteiger partial charge in [-0.25, -0.2) is 0 Å². The summed E-state index contributed by atoms with van der Waals surface area (Å²) in [6, 6.07) is 7.98. The molecule has 2 unspecified atom stereocenters.